The van der Waals surface area contributed by atoms with Crippen molar-refractivity contribution in [2.24, 2.45) is 0 Å². The minimum Gasteiger partial charge on any atom is -0.307 e. The number of rotatable bonds is 5. The third-order valence-corrected chi connectivity index (χ3v) is 3.64. The molecule has 0 saturated heterocycles. The lowest BCUT2D eigenvalue weighted by Crippen LogP contribution is -2.30. The van der Waals surface area contributed by atoms with E-state index in [4.69, 9.17) is 11.6 Å². The minimum absolute atomic E-state index is 0.257. The molecule has 0 aliphatic heterocycles. The molecule has 100 valence electrons. The van der Waals surface area contributed by atoms with Crippen LogP contribution in [0.15, 0.2) is 54.6 Å². The average molecular weight is 274 g/mol. The zero-order valence-corrected chi connectivity index (χ0v) is 12.2. The SMILES string of the molecule is CC(Cc1ccccc1)N[C@@H](C)c1ccccc1Cl. The maximum atomic E-state index is 6.22. The highest BCUT2D eigenvalue weighted by Crippen LogP contribution is 2.22. The molecule has 2 aromatic carbocycles. The monoisotopic (exact) mass is 273 g/mol. The first kappa shape index (κ1) is 14.1. The van der Waals surface area contributed by atoms with Crippen LogP contribution in [0.1, 0.15) is 31.0 Å². The van der Waals surface area contributed by atoms with Crippen LogP contribution < -0.4 is 5.32 Å². The van der Waals surface area contributed by atoms with Gasteiger partial charge in [-0.05, 0) is 37.5 Å². The lowest BCUT2D eigenvalue weighted by Gasteiger charge is -2.21. The Kier molecular flexibility index (Phi) is 5.00. The van der Waals surface area contributed by atoms with Crippen LogP contribution in [0, 0.1) is 0 Å². The predicted octanol–water partition coefficient (Wildman–Crippen LogP) is 4.62. The molecule has 0 spiro atoms. The molecule has 2 aromatic rings. The van der Waals surface area contributed by atoms with Gasteiger partial charge in [-0.3, -0.25) is 0 Å². The molecule has 0 bridgehead atoms. The van der Waals surface area contributed by atoms with Gasteiger partial charge in [0.05, 0.1) is 0 Å². The van der Waals surface area contributed by atoms with E-state index in [-0.39, 0.29) is 6.04 Å². The molecular formula is C17H20ClN. The van der Waals surface area contributed by atoms with E-state index in [0.29, 0.717) is 6.04 Å². The van der Waals surface area contributed by atoms with Crippen LogP contribution >= 0.6 is 11.6 Å². The van der Waals surface area contributed by atoms with Crippen molar-refractivity contribution in [3.8, 4) is 0 Å². The van der Waals surface area contributed by atoms with Gasteiger partial charge >= 0.3 is 0 Å². The molecule has 0 aliphatic carbocycles. The molecule has 0 fully saturated rings. The topological polar surface area (TPSA) is 12.0 Å². The van der Waals surface area contributed by atoms with Crippen molar-refractivity contribution in [3.63, 3.8) is 0 Å². The summed E-state index contributed by atoms with van der Waals surface area (Å²) in [5, 5.41) is 4.43. The number of hydrogen-bond acceptors (Lipinski definition) is 1. The van der Waals surface area contributed by atoms with E-state index in [1.54, 1.807) is 0 Å². The van der Waals surface area contributed by atoms with Gasteiger partial charge in [0.1, 0.15) is 0 Å². The highest BCUT2D eigenvalue weighted by atomic mass is 35.5. The van der Waals surface area contributed by atoms with Crippen molar-refractivity contribution >= 4 is 11.6 Å². The zero-order chi connectivity index (χ0) is 13.7. The second-order valence-electron chi connectivity index (χ2n) is 5.00. The van der Waals surface area contributed by atoms with E-state index in [2.05, 4.69) is 49.5 Å². The maximum Gasteiger partial charge on any atom is 0.0453 e. The molecular weight excluding hydrogens is 254 g/mol. The quantitative estimate of drug-likeness (QED) is 0.838. The zero-order valence-electron chi connectivity index (χ0n) is 11.4. The Morgan fingerprint density at radius 3 is 2.26 bits per heavy atom. The van der Waals surface area contributed by atoms with Gasteiger partial charge in [0, 0.05) is 17.1 Å². The normalized spacial score (nSPS) is 14.1. The van der Waals surface area contributed by atoms with Crippen molar-refractivity contribution in [2.45, 2.75) is 32.4 Å². The number of nitrogens with one attached hydrogen (secondary N) is 1. The molecule has 1 unspecified atom stereocenters. The summed E-state index contributed by atoms with van der Waals surface area (Å²) in [6.07, 6.45) is 1.02. The second-order valence-corrected chi connectivity index (χ2v) is 5.41. The Hall–Kier alpha value is -1.31. The van der Waals surface area contributed by atoms with Gasteiger partial charge in [-0.15, -0.1) is 0 Å². The van der Waals surface area contributed by atoms with Crippen LogP contribution in [0.25, 0.3) is 0 Å². The van der Waals surface area contributed by atoms with Gasteiger partial charge in [0.2, 0.25) is 0 Å². The summed E-state index contributed by atoms with van der Waals surface area (Å²) in [4.78, 5) is 0. The Balaban J connectivity index is 1.96. The van der Waals surface area contributed by atoms with Crippen LogP contribution in [0.3, 0.4) is 0 Å². The highest BCUT2D eigenvalue weighted by molar-refractivity contribution is 6.31. The van der Waals surface area contributed by atoms with E-state index in [0.717, 1.165) is 17.0 Å². The molecule has 0 heterocycles. The Morgan fingerprint density at radius 1 is 0.947 bits per heavy atom. The predicted molar refractivity (Wildman–Crippen MR) is 82.6 cm³/mol. The maximum absolute atomic E-state index is 6.22. The van der Waals surface area contributed by atoms with Crippen molar-refractivity contribution in [1.82, 2.24) is 5.32 Å². The molecule has 1 nitrogen and oxygen atoms in total. The number of hydrogen-bond donors (Lipinski definition) is 1. The molecule has 2 atom stereocenters. The van der Waals surface area contributed by atoms with E-state index in [1.165, 1.54) is 5.56 Å². The van der Waals surface area contributed by atoms with E-state index >= 15 is 0 Å². The van der Waals surface area contributed by atoms with Crippen LogP contribution in [-0.2, 0) is 6.42 Å². The van der Waals surface area contributed by atoms with Crippen LogP contribution in [0.5, 0.6) is 0 Å². The Labute approximate surface area is 120 Å². The summed E-state index contributed by atoms with van der Waals surface area (Å²) in [6.45, 7) is 4.36. The fourth-order valence-electron chi connectivity index (χ4n) is 2.37. The lowest BCUT2D eigenvalue weighted by atomic mass is 10.0. The average Bonchev–Trinajstić information content (AvgIpc) is 2.40. The first-order chi connectivity index (χ1) is 9.16. The van der Waals surface area contributed by atoms with E-state index in [1.807, 2.05) is 24.3 Å². The summed E-state index contributed by atoms with van der Waals surface area (Å²) in [6, 6.07) is 19.2. The molecule has 1 N–H and O–H groups in total. The summed E-state index contributed by atoms with van der Waals surface area (Å²) in [7, 11) is 0. The molecule has 0 saturated carbocycles. The highest BCUT2D eigenvalue weighted by Gasteiger charge is 2.12. The van der Waals surface area contributed by atoms with Crippen LogP contribution in [-0.4, -0.2) is 6.04 Å². The number of benzene rings is 2. The molecule has 2 rings (SSSR count). The molecule has 0 aliphatic rings. The molecule has 0 aromatic heterocycles. The molecule has 19 heavy (non-hydrogen) atoms. The first-order valence-electron chi connectivity index (χ1n) is 6.71. The lowest BCUT2D eigenvalue weighted by molar-refractivity contribution is 0.477. The molecule has 0 radical (unpaired) electrons. The van der Waals surface area contributed by atoms with Crippen molar-refractivity contribution in [3.05, 3.63) is 70.7 Å². The van der Waals surface area contributed by atoms with Gasteiger partial charge in [-0.25, -0.2) is 0 Å². The summed E-state index contributed by atoms with van der Waals surface area (Å²) in [5.41, 5.74) is 2.51. The smallest absolute Gasteiger partial charge is 0.0453 e. The van der Waals surface area contributed by atoms with Crippen LogP contribution in [0.4, 0.5) is 0 Å². The van der Waals surface area contributed by atoms with Gasteiger partial charge in [0.15, 0.2) is 0 Å². The fraction of sp³-hybridized carbons (Fsp3) is 0.294. The van der Waals surface area contributed by atoms with Crippen molar-refractivity contribution in [2.75, 3.05) is 0 Å². The third-order valence-electron chi connectivity index (χ3n) is 3.29. The third kappa shape index (κ3) is 4.09. The van der Waals surface area contributed by atoms with Crippen LogP contribution in [0.2, 0.25) is 5.02 Å². The Bertz CT molecular complexity index is 510. The van der Waals surface area contributed by atoms with Gasteiger partial charge in [-0.2, -0.15) is 0 Å². The molecule has 2 heteroatoms. The van der Waals surface area contributed by atoms with Gasteiger partial charge in [-0.1, -0.05) is 60.1 Å². The largest absolute Gasteiger partial charge is 0.307 e. The van der Waals surface area contributed by atoms with Crippen molar-refractivity contribution < 1.29 is 0 Å². The summed E-state index contributed by atoms with van der Waals surface area (Å²) in [5.74, 6) is 0. The van der Waals surface area contributed by atoms with Gasteiger partial charge in [0.25, 0.3) is 0 Å². The summed E-state index contributed by atoms with van der Waals surface area (Å²) < 4.78 is 0. The minimum atomic E-state index is 0.257. The van der Waals surface area contributed by atoms with Crippen molar-refractivity contribution in [1.29, 1.82) is 0 Å². The van der Waals surface area contributed by atoms with E-state index in [9.17, 15) is 0 Å². The Morgan fingerprint density at radius 2 is 1.58 bits per heavy atom. The van der Waals surface area contributed by atoms with E-state index < -0.39 is 0 Å². The standard InChI is InChI=1S/C17H20ClN/c1-13(12-15-8-4-3-5-9-15)19-14(2)16-10-6-7-11-17(16)18/h3-11,13-14,19H,12H2,1-2H3/t13?,14-/m0/s1. The second kappa shape index (κ2) is 6.74. The fourth-order valence-corrected chi connectivity index (χ4v) is 2.67. The van der Waals surface area contributed by atoms with Gasteiger partial charge < -0.3 is 5.32 Å². The molecule has 0 amide bonds. The summed E-state index contributed by atoms with van der Waals surface area (Å²) >= 11 is 6.22. The first-order valence-corrected chi connectivity index (χ1v) is 7.09. The number of halogens is 1.